The largest absolute Gasteiger partial charge is 0.378 e. The van der Waals surface area contributed by atoms with Gasteiger partial charge in [-0.15, -0.1) is 0 Å². The van der Waals surface area contributed by atoms with Crippen LogP contribution >= 0.6 is 0 Å². The zero-order valence-corrected chi connectivity index (χ0v) is 25.3. The molecule has 1 fully saturated rings. The first kappa shape index (κ1) is 33.1. The third-order valence-corrected chi connectivity index (χ3v) is 7.15. The summed E-state index contributed by atoms with van der Waals surface area (Å²) >= 11 is 0. The molecule has 11 heteroatoms. The second-order valence-corrected chi connectivity index (χ2v) is 10.4. The molecule has 1 aromatic heterocycles. The molecular formula is C33H43FN6O4. The standard InChI is InChI=1S/C33H43FN6O4/c34-31-7-3-28(4-8-31)2-5-29-26-30(33(41)37-11-1-13-39-14-12-36-27-39)6-9-32(29)40-17-15-38(16-18-40)19-21-43-23-25-44-24-22-42-20-10-35/h3-4,6-9,12,14,26-27H,1,10-11,13,15-25,35H2,(H,37,41). The van der Waals surface area contributed by atoms with Crippen LogP contribution in [0.4, 0.5) is 10.1 Å². The van der Waals surface area contributed by atoms with E-state index in [1.165, 1.54) is 12.1 Å². The summed E-state index contributed by atoms with van der Waals surface area (Å²) < 4.78 is 31.9. The second-order valence-electron chi connectivity index (χ2n) is 10.4. The Morgan fingerprint density at radius 3 is 2.34 bits per heavy atom. The van der Waals surface area contributed by atoms with Gasteiger partial charge in [0.05, 0.1) is 51.7 Å². The first-order valence-corrected chi connectivity index (χ1v) is 15.2. The molecule has 10 nitrogen and oxygen atoms in total. The van der Waals surface area contributed by atoms with Crippen LogP contribution in [0.1, 0.15) is 27.9 Å². The molecule has 0 bridgehead atoms. The molecule has 2 aromatic carbocycles. The molecule has 1 aliphatic heterocycles. The molecular weight excluding hydrogens is 563 g/mol. The topological polar surface area (TPSA) is 107 Å². The van der Waals surface area contributed by atoms with Crippen LogP contribution in [0.5, 0.6) is 0 Å². The monoisotopic (exact) mass is 606 g/mol. The van der Waals surface area contributed by atoms with Gasteiger partial charge in [0.2, 0.25) is 0 Å². The van der Waals surface area contributed by atoms with Gasteiger partial charge in [-0.3, -0.25) is 9.69 Å². The number of aryl methyl sites for hydroxylation is 1. The zero-order chi connectivity index (χ0) is 30.8. The Bertz CT molecular complexity index is 1320. The lowest BCUT2D eigenvalue weighted by molar-refractivity contribution is 0.0116. The predicted octanol–water partition coefficient (Wildman–Crippen LogP) is 2.37. The smallest absolute Gasteiger partial charge is 0.251 e. The number of piperazine rings is 1. The molecule has 2 heterocycles. The number of carbonyl (C=O) groups is 1. The summed E-state index contributed by atoms with van der Waals surface area (Å²) in [6.07, 6.45) is 6.21. The molecule has 0 unspecified atom stereocenters. The summed E-state index contributed by atoms with van der Waals surface area (Å²) in [5.41, 5.74) is 8.41. The van der Waals surface area contributed by atoms with Crippen molar-refractivity contribution in [2.24, 2.45) is 5.73 Å². The number of hydrogen-bond donors (Lipinski definition) is 2. The number of benzene rings is 2. The van der Waals surface area contributed by atoms with E-state index in [-0.39, 0.29) is 11.7 Å². The maximum absolute atomic E-state index is 13.4. The lowest BCUT2D eigenvalue weighted by Crippen LogP contribution is -2.47. The Morgan fingerprint density at radius 1 is 0.909 bits per heavy atom. The first-order chi connectivity index (χ1) is 21.6. The van der Waals surface area contributed by atoms with Crippen molar-refractivity contribution >= 4 is 11.6 Å². The highest BCUT2D eigenvalue weighted by Gasteiger charge is 2.20. The zero-order valence-electron chi connectivity index (χ0n) is 25.3. The van der Waals surface area contributed by atoms with E-state index in [9.17, 15) is 9.18 Å². The number of aromatic nitrogens is 2. The molecule has 4 rings (SSSR count). The van der Waals surface area contributed by atoms with Crippen LogP contribution in [-0.4, -0.2) is 106 Å². The Hall–Kier alpha value is -3.79. The van der Waals surface area contributed by atoms with Crippen LogP contribution < -0.4 is 16.0 Å². The van der Waals surface area contributed by atoms with Gasteiger partial charge >= 0.3 is 0 Å². The molecule has 0 atom stereocenters. The normalized spacial score (nSPS) is 13.5. The molecule has 1 amide bonds. The van der Waals surface area contributed by atoms with E-state index >= 15 is 0 Å². The fraction of sp³-hybridized carbons (Fsp3) is 0.455. The average molecular weight is 607 g/mol. The number of nitrogens with zero attached hydrogens (tertiary/aromatic N) is 4. The number of halogens is 1. The highest BCUT2D eigenvalue weighted by Crippen LogP contribution is 2.23. The first-order valence-electron chi connectivity index (χ1n) is 15.2. The average Bonchev–Trinajstić information content (AvgIpc) is 3.57. The van der Waals surface area contributed by atoms with Crippen LogP contribution in [0.25, 0.3) is 0 Å². The van der Waals surface area contributed by atoms with E-state index < -0.39 is 0 Å². The summed E-state index contributed by atoms with van der Waals surface area (Å²) in [7, 11) is 0. The van der Waals surface area contributed by atoms with Gasteiger partial charge in [0.1, 0.15) is 5.82 Å². The van der Waals surface area contributed by atoms with E-state index in [4.69, 9.17) is 19.9 Å². The molecule has 236 valence electrons. The lowest BCUT2D eigenvalue weighted by atomic mass is 10.1. The number of nitrogens with two attached hydrogens (primary N) is 1. The van der Waals surface area contributed by atoms with Gasteiger partial charge in [-0.05, 0) is 48.9 Å². The second kappa shape index (κ2) is 18.8. The van der Waals surface area contributed by atoms with E-state index in [2.05, 4.69) is 31.9 Å². The van der Waals surface area contributed by atoms with Crippen molar-refractivity contribution in [3.63, 3.8) is 0 Å². The van der Waals surface area contributed by atoms with Crippen molar-refractivity contribution in [3.05, 3.63) is 83.7 Å². The molecule has 0 radical (unpaired) electrons. The summed E-state index contributed by atoms with van der Waals surface area (Å²) in [5, 5.41) is 3.01. The maximum Gasteiger partial charge on any atom is 0.251 e. The molecule has 0 saturated carbocycles. The van der Waals surface area contributed by atoms with Gasteiger partial charge in [-0.1, -0.05) is 11.8 Å². The Kier molecular flexibility index (Phi) is 14.1. The minimum atomic E-state index is -0.302. The van der Waals surface area contributed by atoms with Gasteiger partial charge in [-0.2, -0.15) is 0 Å². The Labute approximate surface area is 259 Å². The number of hydrogen-bond acceptors (Lipinski definition) is 8. The number of ether oxygens (including phenoxy) is 3. The van der Waals surface area contributed by atoms with Crippen LogP contribution in [0, 0.1) is 17.7 Å². The molecule has 1 aliphatic rings. The van der Waals surface area contributed by atoms with Gasteiger partial charge < -0.3 is 34.7 Å². The van der Waals surface area contributed by atoms with Crippen molar-refractivity contribution in [2.45, 2.75) is 13.0 Å². The van der Waals surface area contributed by atoms with Gasteiger partial charge in [0.25, 0.3) is 5.91 Å². The Balaban J connectivity index is 1.28. The summed E-state index contributed by atoms with van der Waals surface area (Å²) in [6.45, 7) is 9.53. The van der Waals surface area contributed by atoms with E-state index in [1.54, 1.807) is 24.7 Å². The fourth-order valence-corrected chi connectivity index (χ4v) is 4.74. The quantitative estimate of drug-likeness (QED) is 0.178. The van der Waals surface area contributed by atoms with Crippen molar-refractivity contribution in [1.82, 2.24) is 19.8 Å². The third kappa shape index (κ3) is 11.4. The van der Waals surface area contributed by atoms with Crippen LogP contribution in [0.3, 0.4) is 0 Å². The number of imidazole rings is 1. The van der Waals surface area contributed by atoms with Crippen molar-refractivity contribution in [2.75, 3.05) is 90.4 Å². The molecule has 0 spiro atoms. The predicted molar refractivity (Wildman–Crippen MR) is 168 cm³/mol. The van der Waals surface area contributed by atoms with Gasteiger partial charge in [0.15, 0.2) is 0 Å². The SMILES string of the molecule is NCCOCCOCCOCCN1CCN(c2ccc(C(=O)NCCCn3ccnc3)cc2C#Cc2ccc(F)cc2)CC1. The van der Waals surface area contributed by atoms with Crippen molar-refractivity contribution < 1.29 is 23.4 Å². The molecule has 3 N–H and O–H groups in total. The van der Waals surface area contributed by atoms with E-state index in [0.717, 1.165) is 56.9 Å². The minimum absolute atomic E-state index is 0.137. The van der Waals surface area contributed by atoms with Crippen LogP contribution in [0.2, 0.25) is 0 Å². The molecule has 1 saturated heterocycles. The van der Waals surface area contributed by atoms with Gasteiger partial charge in [0, 0.05) is 81.4 Å². The highest BCUT2D eigenvalue weighted by molar-refractivity contribution is 5.95. The van der Waals surface area contributed by atoms with Crippen LogP contribution in [0.15, 0.2) is 61.2 Å². The van der Waals surface area contributed by atoms with Crippen molar-refractivity contribution in [1.29, 1.82) is 0 Å². The summed E-state index contributed by atoms with van der Waals surface area (Å²) in [4.78, 5) is 21.7. The third-order valence-electron chi connectivity index (χ3n) is 7.15. The van der Waals surface area contributed by atoms with E-state index in [0.29, 0.717) is 63.9 Å². The van der Waals surface area contributed by atoms with E-state index in [1.807, 2.05) is 29.0 Å². The fourth-order valence-electron chi connectivity index (χ4n) is 4.74. The highest BCUT2D eigenvalue weighted by atomic mass is 19.1. The number of anilines is 1. The van der Waals surface area contributed by atoms with Crippen LogP contribution in [-0.2, 0) is 20.8 Å². The molecule has 44 heavy (non-hydrogen) atoms. The number of rotatable bonds is 17. The van der Waals surface area contributed by atoms with Crippen molar-refractivity contribution in [3.8, 4) is 11.8 Å². The molecule has 3 aromatic rings. The number of amides is 1. The number of nitrogens with one attached hydrogen (secondary N) is 1. The maximum atomic E-state index is 13.4. The van der Waals surface area contributed by atoms with Gasteiger partial charge in [-0.25, -0.2) is 9.37 Å². The lowest BCUT2D eigenvalue weighted by Gasteiger charge is -2.36. The minimum Gasteiger partial charge on any atom is -0.378 e. The summed E-state index contributed by atoms with van der Waals surface area (Å²) in [6, 6.07) is 11.8. The number of carbonyl (C=O) groups excluding carboxylic acids is 1. The molecule has 0 aliphatic carbocycles. The Morgan fingerprint density at radius 2 is 1.64 bits per heavy atom. The summed E-state index contributed by atoms with van der Waals surface area (Å²) in [5.74, 6) is 5.95.